The third kappa shape index (κ3) is 8.74. The third-order valence-electron chi connectivity index (χ3n) is 2.76. The maximum atomic E-state index is 9.15. The van der Waals surface area contributed by atoms with E-state index >= 15 is 0 Å². The molecular weight excluding hydrogens is 234 g/mol. The van der Waals surface area contributed by atoms with E-state index in [1.807, 2.05) is 6.92 Å². The van der Waals surface area contributed by atoms with E-state index in [9.17, 15) is 0 Å². The molecule has 0 bridgehead atoms. The molecule has 0 aliphatic carbocycles. The molecule has 0 spiro atoms. The van der Waals surface area contributed by atoms with Crippen molar-refractivity contribution in [1.29, 1.82) is 0 Å². The fraction of sp³-hybridized carbons (Fsp3) is 1.00. The highest BCUT2D eigenvalue weighted by Gasteiger charge is 2.33. The van der Waals surface area contributed by atoms with Gasteiger partial charge in [0, 0.05) is 12.7 Å². The Hall–Kier alpha value is 0.0569. The number of hydrogen-bond acceptors (Lipinski definition) is 4. The molecule has 0 aromatic rings. The van der Waals surface area contributed by atoms with Crippen LogP contribution in [0, 0.1) is 0 Å². The van der Waals surface area contributed by atoms with E-state index in [-0.39, 0.29) is 6.10 Å². The summed E-state index contributed by atoms with van der Waals surface area (Å²) in [6.07, 6.45) is 3.44. The number of rotatable bonds is 10. The first kappa shape index (κ1) is 17.1. The zero-order valence-corrected chi connectivity index (χ0v) is 12.7. The van der Waals surface area contributed by atoms with Gasteiger partial charge in [-0.15, -0.1) is 0 Å². The van der Waals surface area contributed by atoms with Crippen molar-refractivity contribution in [3.8, 4) is 0 Å². The summed E-state index contributed by atoms with van der Waals surface area (Å²) >= 11 is 0. The molecule has 17 heavy (non-hydrogen) atoms. The molecule has 5 heteroatoms. The normalized spacial score (nSPS) is 18.7. The highest BCUT2D eigenvalue weighted by molar-refractivity contribution is 6.66. The smallest absolute Gasteiger partial charge is 0.335 e. The molecule has 0 fully saturated rings. The van der Waals surface area contributed by atoms with Crippen LogP contribution in [-0.2, 0) is 8.85 Å². The molecule has 0 radical (unpaired) electrons. The number of hydrogen-bond donors (Lipinski definition) is 2. The minimum absolute atomic E-state index is 0.230. The van der Waals surface area contributed by atoms with Gasteiger partial charge in [0.15, 0.2) is 0 Å². The van der Waals surface area contributed by atoms with Crippen LogP contribution in [0.5, 0.6) is 0 Å². The molecule has 0 saturated heterocycles. The molecule has 0 aliphatic heterocycles. The summed E-state index contributed by atoms with van der Waals surface area (Å²) in [7, 11) is -2.17. The highest BCUT2D eigenvalue weighted by Crippen LogP contribution is 2.20. The van der Waals surface area contributed by atoms with Gasteiger partial charge < -0.3 is 19.7 Å². The Morgan fingerprint density at radius 2 is 1.94 bits per heavy atom. The molecule has 3 unspecified atom stereocenters. The third-order valence-corrected chi connectivity index (χ3v) is 5.76. The topological polar surface area (TPSA) is 64.7 Å². The van der Waals surface area contributed by atoms with E-state index in [1.165, 1.54) is 12.8 Å². The SMILES string of the molecule is CCCCC(C)O[Si](C)(CCC(N)O)OCC. The quantitative estimate of drug-likeness (QED) is 0.469. The van der Waals surface area contributed by atoms with Gasteiger partial charge in [0.1, 0.15) is 6.23 Å². The van der Waals surface area contributed by atoms with Crippen LogP contribution in [0.1, 0.15) is 46.5 Å². The summed E-state index contributed by atoms with van der Waals surface area (Å²) in [5.74, 6) is 0. The zero-order chi connectivity index (χ0) is 13.3. The first-order chi connectivity index (χ1) is 7.93. The summed E-state index contributed by atoms with van der Waals surface area (Å²) in [5.41, 5.74) is 5.37. The van der Waals surface area contributed by atoms with Crippen LogP contribution in [0.2, 0.25) is 12.6 Å². The fourth-order valence-electron chi connectivity index (χ4n) is 1.86. The van der Waals surface area contributed by atoms with Gasteiger partial charge >= 0.3 is 8.56 Å². The standard InChI is InChI=1S/C12H29NO3Si/c1-5-7-8-11(3)16-17(4,15-6-2)10-9-12(13)14/h11-12,14H,5-10,13H2,1-4H3. The van der Waals surface area contributed by atoms with E-state index in [1.54, 1.807) is 0 Å². The molecule has 3 N–H and O–H groups in total. The van der Waals surface area contributed by atoms with Crippen molar-refractivity contribution in [2.24, 2.45) is 5.73 Å². The second-order valence-corrected chi connectivity index (χ2v) is 8.04. The van der Waals surface area contributed by atoms with E-state index in [0.29, 0.717) is 13.0 Å². The number of nitrogens with two attached hydrogens (primary N) is 1. The molecule has 4 nitrogen and oxygen atoms in total. The molecular formula is C12H29NO3Si. The number of aliphatic hydroxyl groups excluding tert-OH is 1. The lowest BCUT2D eigenvalue weighted by atomic mass is 10.2. The van der Waals surface area contributed by atoms with Crippen LogP contribution in [0.4, 0.5) is 0 Å². The summed E-state index contributed by atoms with van der Waals surface area (Å²) in [6.45, 7) is 8.96. The molecule has 0 saturated carbocycles. The van der Waals surface area contributed by atoms with Crippen molar-refractivity contribution in [1.82, 2.24) is 0 Å². The molecule has 0 heterocycles. The summed E-state index contributed by atoms with van der Waals surface area (Å²) in [4.78, 5) is 0. The Bertz CT molecular complexity index is 193. The summed E-state index contributed by atoms with van der Waals surface area (Å²) in [5, 5.41) is 9.15. The second kappa shape index (κ2) is 9.05. The average Bonchev–Trinajstić information content (AvgIpc) is 2.24. The first-order valence-electron chi connectivity index (χ1n) is 6.69. The van der Waals surface area contributed by atoms with Crippen molar-refractivity contribution in [3.05, 3.63) is 0 Å². The van der Waals surface area contributed by atoms with Crippen LogP contribution < -0.4 is 5.73 Å². The fourth-order valence-corrected chi connectivity index (χ4v) is 4.59. The van der Waals surface area contributed by atoms with E-state index in [0.717, 1.165) is 12.5 Å². The summed E-state index contributed by atoms with van der Waals surface area (Å²) < 4.78 is 11.9. The highest BCUT2D eigenvalue weighted by atomic mass is 28.4. The van der Waals surface area contributed by atoms with Crippen molar-refractivity contribution in [2.45, 2.75) is 71.4 Å². The molecule has 0 amide bonds. The lowest BCUT2D eigenvalue weighted by molar-refractivity contribution is 0.115. The van der Waals surface area contributed by atoms with Gasteiger partial charge in [-0.2, -0.15) is 0 Å². The van der Waals surface area contributed by atoms with Crippen molar-refractivity contribution in [3.63, 3.8) is 0 Å². The van der Waals surface area contributed by atoms with Gasteiger partial charge in [0.2, 0.25) is 0 Å². The second-order valence-electron chi connectivity index (χ2n) is 4.74. The maximum Gasteiger partial charge on any atom is 0.335 e. The van der Waals surface area contributed by atoms with Crippen LogP contribution in [0.3, 0.4) is 0 Å². The molecule has 0 aromatic carbocycles. The largest absolute Gasteiger partial charge is 0.395 e. The molecule has 0 rings (SSSR count). The predicted molar refractivity (Wildman–Crippen MR) is 72.9 cm³/mol. The predicted octanol–water partition coefficient (Wildman–Crippen LogP) is 2.36. The van der Waals surface area contributed by atoms with Crippen molar-refractivity contribution in [2.75, 3.05) is 6.61 Å². The lowest BCUT2D eigenvalue weighted by Gasteiger charge is -2.30. The van der Waals surface area contributed by atoms with Crippen LogP contribution in [-0.4, -0.2) is 32.6 Å². The molecule has 0 aromatic heterocycles. The van der Waals surface area contributed by atoms with Crippen LogP contribution in [0.15, 0.2) is 0 Å². The zero-order valence-electron chi connectivity index (χ0n) is 11.7. The minimum Gasteiger partial charge on any atom is -0.395 e. The van der Waals surface area contributed by atoms with Gasteiger partial charge in [-0.25, -0.2) is 0 Å². The Balaban J connectivity index is 4.17. The molecule has 0 aliphatic rings. The van der Waals surface area contributed by atoms with Gasteiger partial charge in [-0.3, -0.25) is 0 Å². The molecule has 3 atom stereocenters. The Morgan fingerprint density at radius 1 is 1.29 bits per heavy atom. The first-order valence-corrected chi connectivity index (χ1v) is 9.21. The van der Waals surface area contributed by atoms with Crippen LogP contribution in [0.25, 0.3) is 0 Å². The lowest BCUT2D eigenvalue weighted by Crippen LogP contribution is -2.42. The van der Waals surface area contributed by atoms with E-state index in [2.05, 4.69) is 20.4 Å². The van der Waals surface area contributed by atoms with Crippen molar-refractivity contribution >= 4 is 8.56 Å². The van der Waals surface area contributed by atoms with Gasteiger partial charge in [-0.1, -0.05) is 19.8 Å². The molecule has 104 valence electrons. The average molecular weight is 263 g/mol. The Labute approximate surface area is 107 Å². The van der Waals surface area contributed by atoms with Gasteiger partial charge in [0.05, 0.1) is 0 Å². The van der Waals surface area contributed by atoms with Crippen LogP contribution >= 0.6 is 0 Å². The summed E-state index contributed by atoms with van der Waals surface area (Å²) in [6, 6.07) is 0.745. The van der Waals surface area contributed by atoms with Gasteiger partial charge in [-0.05, 0) is 39.3 Å². The van der Waals surface area contributed by atoms with Gasteiger partial charge in [0.25, 0.3) is 0 Å². The Kier molecular flexibility index (Phi) is 9.08. The Morgan fingerprint density at radius 3 is 2.41 bits per heavy atom. The van der Waals surface area contributed by atoms with Crippen molar-refractivity contribution < 1.29 is 14.0 Å². The maximum absolute atomic E-state index is 9.15. The van der Waals surface area contributed by atoms with E-state index < -0.39 is 14.8 Å². The van der Waals surface area contributed by atoms with E-state index in [4.69, 9.17) is 19.7 Å². The monoisotopic (exact) mass is 263 g/mol. The number of unbranched alkanes of at least 4 members (excludes halogenated alkanes) is 1. The minimum atomic E-state index is -2.17. The number of aliphatic hydroxyl groups is 1.